The van der Waals surface area contributed by atoms with E-state index in [9.17, 15) is 4.79 Å². The maximum Gasteiger partial charge on any atom is 0.251 e. The van der Waals surface area contributed by atoms with Crippen molar-refractivity contribution in [3.63, 3.8) is 0 Å². The summed E-state index contributed by atoms with van der Waals surface area (Å²) < 4.78 is 0. The van der Waals surface area contributed by atoms with Gasteiger partial charge in [0, 0.05) is 17.2 Å². The number of carbonyl (C=O) groups excluding carboxylic acids is 1. The summed E-state index contributed by atoms with van der Waals surface area (Å²) in [6, 6.07) is 5.44. The van der Waals surface area contributed by atoms with Crippen LogP contribution in [0.5, 0.6) is 0 Å². The molecule has 2 rings (SSSR count). The molecule has 1 aromatic rings. The van der Waals surface area contributed by atoms with Gasteiger partial charge in [-0.1, -0.05) is 37.3 Å². The predicted octanol–water partition coefficient (Wildman–Crippen LogP) is 2.81. The molecule has 1 aliphatic rings. The second-order valence-electron chi connectivity index (χ2n) is 5.69. The SMILES string of the molecule is CC1CCC(NC(=O)c2ccc(C#CCN)c(Cl)c2)C1C. The van der Waals surface area contributed by atoms with E-state index in [4.69, 9.17) is 17.3 Å². The van der Waals surface area contributed by atoms with Crippen LogP contribution in [-0.2, 0) is 0 Å². The summed E-state index contributed by atoms with van der Waals surface area (Å²) in [5.74, 6) is 6.75. The summed E-state index contributed by atoms with van der Waals surface area (Å²) >= 11 is 6.15. The molecule has 0 heterocycles. The molecule has 3 unspecified atom stereocenters. The van der Waals surface area contributed by atoms with E-state index < -0.39 is 0 Å². The molecule has 1 aromatic carbocycles. The zero-order valence-corrected chi connectivity index (χ0v) is 13.2. The highest BCUT2D eigenvalue weighted by atomic mass is 35.5. The number of halogens is 1. The first kappa shape index (κ1) is 15.9. The number of rotatable bonds is 2. The maximum absolute atomic E-state index is 12.3. The average Bonchev–Trinajstić information content (AvgIpc) is 2.78. The Hall–Kier alpha value is -1.50. The third kappa shape index (κ3) is 3.78. The van der Waals surface area contributed by atoms with Gasteiger partial charge >= 0.3 is 0 Å². The summed E-state index contributed by atoms with van der Waals surface area (Å²) in [5, 5.41) is 3.59. The van der Waals surface area contributed by atoms with Gasteiger partial charge in [-0.3, -0.25) is 4.79 Å². The molecule has 3 nitrogen and oxygen atoms in total. The van der Waals surface area contributed by atoms with Crippen LogP contribution >= 0.6 is 11.6 Å². The van der Waals surface area contributed by atoms with E-state index in [1.54, 1.807) is 18.2 Å². The Balaban J connectivity index is 2.08. The van der Waals surface area contributed by atoms with E-state index in [0.717, 1.165) is 6.42 Å². The van der Waals surface area contributed by atoms with Gasteiger partial charge < -0.3 is 11.1 Å². The fourth-order valence-electron chi connectivity index (χ4n) is 2.72. The highest BCUT2D eigenvalue weighted by Gasteiger charge is 2.30. The minimum Gasteiger partial charge on any atom is -0.349 e. The Morgan fingerprint density at radius 3 is 2.76 bits per heavy atom. The smallest absolute Gasteiger partial charge is 0.251 e. The third-order valence-electron chi connectivity index (χ3n) is 4.34. The van der Waals surface area contributed by atoms with E-state index >= 15 is 0 Å². The van der Waals surface area contributed by atoms with Crippen molar-refractivity contribution < 1.29 is 4.79 Å². The standard InChI is InChI=1S/C17H21ClN2O/c1-11-5-8-16(12(11)2)20-17(21)14-7-6-13(4-3-9-19)15(18)10-14/h6-7,10-12,16H,5,8-9,19H2,1-2H3,(H,20,21). The normalized spacial score (nSPS) is 24.3. The minimum atomic E-state index is -0.0683. The van der Waals surface area contributed by atoms with Crippen LogP contribution in [0.3, 0.4) is 0 Å². The van der Waals surface area contributed by atoms with Gasteiger partial charge in [-0.2, -0.15) is 0 Å². The summed E-state index contributed by atoms with van der Waals surface area (Å²) in [6.07, 6.45) is 2.21. The molecule has 1 fully saturated rings. The van der Waals surface area contributed by atoms with Crippen LogP contribution in [0, 0.1) is 23.7 Å². The topological polar surface area (TPSA) is 55.1 Å². The van der Waals surface area contributed by atoms with Crippen molar-refractivity contribution in [1.82, 2.24) is 5.32 Å². The molecule has 1 saturated carbocycles. The molecule has 112 valence electrons. The van der Waals surface area contributed by atoms with Crippen LogP contribution in [0.1, 0.15) is 42.6 Å². The van der Waals surface area contributed by atoms with E-state index in [2.05, 4.69) is 31.0 Å². The zero-order valence-electron chi connectivity index (χ0n) is 12.4. The Kier molecular flexibility index (Phi) is 5.27. The molecule has 4 heteroatoms. The number of benzene rings is 1. The first-order valence-corrected chi connectivity index (χ1v) is 7.70. The van der Waals surface area contributed by atoms with E-state index in [1.165, 1.54) is 6.42 Å². The second kappa shape index (κ2) is 6.98. The van der Waals surface area contributed by atoms with Gasteiger partial charge in [0.15, 0.2) is 0 Å². The third-order valence-corrected chi connectivity index (χ3v) is 4.65. The van der Waals surface area contributed by atoms with Crippen LogP contribution < -0.4 is 11.1 Å². The van der Waals surface area contributed by atoms with E-state index in [-0.39, 0.29) is 18.5 Å². The summed E-state index contributed by atoms with van der Waals surface area (Å²) in [7, 11) is 0. The lowest BCUT2D eigenvalue weighted by Crippen LogP contribution is -2.37. The van der Waals surface area contributed by atoms with Gasteiger partial charge in [-0.15, -0.1) is 0 Å². The predicted molar refractivity (Wildman–Crippen MR) is 86.2 cm³/mol. The molecule has 21 heavy (non-hydrogen) atoms. The largest absolute Gasteiger partial charge is 0.349 e. The summed E-state index contributed by atoms with van der Waals surface area (Å²) in [5.41, 5.74) is 6.61. The Labute approximate surface area is 131 Å². The van der Waals surface area contributed by atoms with Crippen molar-refractivity contribution >= 4 is 17.5 Å². The molecule has 0 spiro atoms. The highest BCUT2D eigenvalue weighted by Crippen LogP contribution is 2.31. The first-order chi connectivity index (χ1) is 10.0. The summed E-state index contributed by atoms with van der Waals surface area (Å²) in [4.78, 5) is 12.3. The molecule has 0 aromatic heterocycles. The molecular formula is C17H21ClN2O. The number of nitrogens with two attached hydrogens (primary N) is 1. The van der Waals surface area contributed by atoms with Crippen LogP contribution in [0.4, 0.5) is 0 Å². The molecule has 3 N–H and O–H groups in total. The average molecular weight is 305 g/mol. The van der Waals surface area contributed by atoms with Gasteiger partial charge in [0.25, 0.3) is 5.91 Å². The van der Waals surface area contributed by atoms with Crippen molar-refractivity contribution in [3.05, 3.63) is 34.3 Å². The Morgan fingerprint density at radius 2 is 2.19 bits per heavy atom. The highest BCUT2D eigenvalue weighted by molar-refractivity contribution is 6.32. The van der Waals surface area contributed by atoms with Crippen LogP contribution in [-0.4, -0.2) is 18.5 Å². The molecule has 1 amide bonds. The number of nitrogens with one attached hydrogen (secondary N) is 1. The number of carbonyl (C=O) groups is 1. The quantitative estimate of drug-likeness (QED) is 0.826. The van der Waals surface area contributed by atoms with Gasteiger partial charge in [-0.25, -0.2) is 0 Å². The van der Waals surface area contributed by atoms with Crippen molar-refractivity contribution in [2.45, 2.75) is 32.7 Å². The van der Waals surface area contributed by atoms with E-state index in [0.29, 0.717) is 28.0 Å². The minimum absolute atomic E-state index is 0.0683. The zero-order chi connectivity index (χ0) is 15.4. The molecule has 1 aliphatic carbocycles. The van der Waals surface area contributed by atoms with Crippen molar-refractivity contribution in [3.8, 4) is 11.8 Å². The summed E-state index contributed by atoms with van der Waals surface area (Å²) in [6.45, 7) is 4.72. The van der Waals surface area contributed by atoms with E-state index in [1.807, 2.05) is 0 Å². The van der Waals surface area contributed by atoms with Crippen molar-refractivity contribution in [1.29, 1.82) is 0 Å². The monoisotopic (exact) mass is 304 g/mol. The van der Waals surface area contributed by atoms with Crippen molar-refractivity contribution in [2.24, 2.45) is 17.6 Å². The molecule has 0 bridgehead atoms. The lowest BCUT2D eigenvalue weighted by atomic mass is 9.97. The number of hydrogen-bond donors (Lipinski definition) is 2. The first-order valence-electron chi connectivity index (χ1n) is 7.32. The lowest BCUT2D eigenvalue weighted by molar-refractivity contribution is 0.0927. The Bertz CT molecular complexity index is 588. The number of amides is 1. The fraction of sp³-hybridized carbons (Fsp3) is 0.471. The number of hydrogen-bond acceptors (Lipinski definition) is 2. The van der Waals surface area contributed by atoms with Gasteiger partial charge in [-0.05, 0) is 42.9 Å². The second-order valence-corrected chi connectivity index (χ2v) is 6.10. The maximum atomic E-state index is 12.3. The molecule has 3 atom stereocenters. The fourth-order valence-corrected chi connectivity index (χ4v) is 2.95. The lowest BCUT2D eigenvalue weighted by Gasteiger charge is -2.19. The molecule has 0 saturated heterocycles. The van der Waals surface area contributed by atoms with Gasteiger partial charge in [0.05, 0.1) is 11.6 Å². The van der Waals surface area contributed by atoms with Crippen LogP contribution in [0.25, 0.3) is 0 Å². The molecular weight excluding hydrogens is 284 g/mol. The van der Waals surface area contributed by atoms with Gasteiger partial charge in [0.1, 0.15) is 0 Å². The van der Waals surface area contributed by atoms with Crippen LogP contribution in [0.15, 0.2) is 18.2 Å². The van der Waals surface area contributed by atoms with Gasteiger partial charge in [0.2, 0.25) is 0 Å². The molecule has 0 aliphatic heterocycles. The van der Waals surface area contributed by atoms with Crippen LogP contribution in [0.2, 0.25) is 5.02 Å². The molecule has 0 radical (unpaired) electrons. The van der Waals surface area contributed by atoms with Crippen molar-refractivity contribution in [2.75, 3.05) is 6.54 Å². The Morgan fingerprint density at radius 1 is 1.43 bits per heavy atom.